The molecule has 2 aliphatic rings. The summed E-state index contributed by atoms with van der Waals surface area (Å²) in [5.41, 5.74) is 5.04. The van der Waals surface area contributed by atoms with E-state index in [4.69, 9.17) is 11.6 Å². The molecule has 4 aromatic rings. The van der Waals surface area contributed by atoms with Gasteiger partial charge in [-0.1, -0.05) is 80.0 Å². The minimum absolute atomic E-state index is 0.160. The van der Waals surface area contributed by atoms with E-state index >= 15 is 0 Å². The Labute approximate surface area is 312 Å². The third-order valence-corrected chi connectivity index (χ3v) is 13.5. The summed E-state index contributed by atoms with van der Waals surface area (Å²) in [7, 11) is -8.89. The topological polar surface area (TPSA) is 121 Å². The van der Waals surface area contributed by atoms with Gasteiger partial charge in [-0.2, -0.15) is 4.58 Å². The van der Waals surface area contributed by atoms with Gasteiger partial charge >= 0.3 is 0 Å². The van der Waals surface area contributed by atoms with Gasteiger partial charge in [0.25, 0.3) is 0 Å². The molecule has 52 heavy (non-hydrogen) atoms. The average molecular weight is 760 g/mol. The van der Waals surface area contributed by atoms with Crippen molar-refractivity contribution in [1.82, 2.24) is 0 Å². The van der Waals surface area contributed by atoms with E-state index < -0.39 is 41.6 Å². The second kappa shape index (κ2) is 13.9. The van der Waals surface area contributed by atoms with E-state index in [0.717, 1.165) is 55.5 Å². The molecule has 0 fully saturated rings. The highest BCUT2D eigenvalue weighted by Crippen LogP contribution is 2.51. The van der Waals surface area contributed by atoms with Gasteiger partial charge in [-0.05, 0) is 91.6 Å². The normalized spacial score (nSPS) is 19.2. The van der Waals surface area contributed by atoms with Gasteiger partial charge < -0.3 is 14.0 Å². The third-order valence-electron chi connectivity index (χ3n) is 10.8. The van der Waals surface area contributed by atoms with Crippen molar-refractivity contribution >= 4 is 70.5 Å². The Morgan fingerprint density at radius 3 is 1.96 bits per heavy atom. The summed E-state index contributed by atoms with van der Waals surface area (Å²) in [5, 5.41) is 2.75. The largest absolute Gasteiger partial charge is 0.748 e. The van der Waals surface area contributed by atoms with Crippen molar-refractivity contribution in [2.75, 3.05) is 18.0 Å². The highest BCUT2D eigenvalue weighted by molar-refractivity contribution is 7.86. The minimum Gasteiger partial charge on any atom is -0.748 e. The fraction of sp³-hybridized carbons (Fsp3) is 0.341. The fourth-order valence-electron chi connectivity index (χ4n) is 7.84. The first-order chi connectivity index (χ1) is 24.3. The Balaban J connectivity index is 1.40. The molecule has 2 heterocycles. The Morgan fingerprint density at radius 1 is 0.788 bits per heavy atom. The van der Waals surface area contributed by atoms with Gasteiger partial charge in [-0.15, -0.1) is 0 Å². The van der Waals surface area contributed by atoms with E-state index in [1.807, 2.05) is 48.6 Å². The number of hydrogen-bond donors (Lipinski definition) is 0. The Bertz CT molecular complexity index is 2430. The lowest BCUT2D eigenvalue weighted by Gasteiger charge is -2.28. The fourth-order valence-corrected chi connectivity index (χ4v) is 8.75. The van der Waals surface area contributed by atoms with Crippen LogP contribution in [-0.2, 0) is 31.1 Å². The van der Waals surface area contributed by atoms with Crippen molar-refractivity contribution in [3.8, 4) is 0 Å². The number of allylic oxidation sites excluding steroid dienone is 6. The lowest BCUT2D eigenvalue weighted by Crippen LogP contribution is -2.30. The second-order valence-corrected chi connectivity index (χ2v) is 18.9. The zero-order chi connectivity index (χ0) is 37.8. The van der Waals surface area contributed by atoms with Gasteiger partial charge in [0.2, 0.25) is 5.69 Å². The zero-order valence-corrected chi connectivity index (χ0v) is 32.6. The summed E-state index contributed by atoms with van der Waals surface area (Å²) in [6.07, 6.45) is 7.89. The second-order valence-electron chi connectivity index (χ2n) is 14.9. The lowest BCUT2D eigenvalue weighted by atomic mass is 9.79. The molecule has 0 bridgehead atoms. The van der Waals surface area contributed by atoms with Gasteiger partial charge in [-0.3, -0.25) is 0 Å². The van der Waals surface area contributed by atoms with E-state index in [-0.39, 0.29) is 12.8 Å². The molecule has 11 heteroatoms. The summed E-state index contributed by atoms with van der Waals surface area (Å²) >= 11 is 6.94. The minimum atomic E-state index is -4.45. The average Bonchev–Trinajstić information content (AvgIpc) is 3.44. The smallest absolute Gasteiger partial charge is 0.210 e. The Morgan fingerprint density at radius 2 is 1.35 bits per heavy atom. The standard InChI is InChI=1S/C41H45ClN2O6S2/c1-27(51(45,46)47)23-25-43-34-19-15-29-11-7-9-13-32(29)38(34)40(3,4)36(43)21-17-31(42)18-22-37-41(5,6)39-33-14-10-8-12-30(33)16-20-35(39)44(37)26-24-28(2)52(48,49)50/h7-22,27-28H,23-26H2,1-6H3,(H-,45,46,47,48,49,50)/p-1. The van der Waals surface area contributed by atoms with Gasteiger partial charge in [0.15, 0.2) is 12.3 Å². The van der Waals surface area contributed by atoms with Crippen LogP contribution in [0.2, 0.25) is 0 Å². The van der Waals surface area contributed by atoms with Crippen LogP contribution in [0.1, 0.15) is 65.5 Å². The predicted octanol–water partition coefficient (Wildman–Crippen LogP) is 8.38. The van der Waals surface area contributed by atoms with E-state index in [9.17, 15) is 25.9 Å². The van der Waals surface area contributed by atoms with E-state index in [0.29, 0.717) is 18.1 Å². The van der Waals surface area contributed by atoms with Crippen molar-refractivity contribution < 1.29 is 30.5 Å². The molecule has 0 amide bonds. The number of fused-ring (bicyclic) bond motifs is 6. The summed E-state index contributed by atoms with van der Waals surface area (Å²) in [6.45, 7) is 12.1. The number of rotatable bonds is 11. The maximum Gasteiger partial charge on any atom is 0.210 e. The molecule has 8 nitrogen and oxygen atoms in total. The number of nitrogens with zero attached hydrogens (tertiary/aromatic N) is 2. The van der Waals surface area contributed by atoms with Gasteiger partial charge in [0.1, 0.15) is 0 Å². The van der Waals surface area contributed by atoms with Crippen molar-refractivity contribution in [1.29, 1.82) is 0 Å². The molecule has 0 saturated heterocycles. The van der Waals surface area contributed by atoms with Gasteiger partial charge in [0, 0.05) is 57.8 Å². The molecular weight excluding hydrogens is 716 g/mol. The van der Waals surface area contributed by atoms with Crippen LogP contribution in [0.5, 0.6) is 0 Å². The highest BCUT2D eigenvalue weighted by atomic mass is 35.5. The van der Waals surface area contributed by atoms with E-state index in [1.54, 1.807) is 0 Å². The molecule has 0 radical (unpaired) electrons. The molecule has 0 saturated carbocycles. The number of halogens is 1. The highest BCUT2D eigenvalue weighted by Gasteiger charge is 2.46. The molecule has 0 spiro atoms. The lowest BCUT2D eigenvalue weighted by molar-refractivity contribution is -0.438. The van der Waals surface area contributed by atoms with Gasteiger partial charge in [-0.25, -0.2) is 16.8 Å². The van der Waals surface area contributed by atoms with Crippen molar-refractivity contribution in [3.05, 3.63) is 119 Å². The van der Waals surface area contributed by atoms with Crippen LogP contribution in [0.4, 0.5) is 11.4 Å². The molecular formula is C41H44ClN2O6S2-. The van der Waals surface area contributed by atoms with Crippen LogP contribution < -0.4 is 4.90 Å². The third kappa shape index (κ3) is 6.99. The van der Waals surface area contributed by atoms with Crippen LogP contribution in [0.25, 0.3) is 21.5 Å². The summed E-state index contributed by atoms with van der Waals surface area (Å²) < 4.78 is 73.0. The van der Waals surface area contributed by atoms with E-state index in [1.165, 1.54) is 13.8 Å². The molecule has 0 aromatic heterocycles. The number of benzene rings is 4. The van der Waals surface area contributed by atoms with Crippen LogP contribution in [0.3, 0.4) is 0 Å². The number of anilines is 1. The molecule has 6 rings (SSSR count). The predicted molar refractivity (Wildman–Crippen MR) is 210 cm³/mol. The molecule has 4 aromatic carbocycles. The summed E-state index contributed by atoms with van der Waals surface area (Å²) in [5.74, 6) is 0. The monoisotopic (exact) mass is 759 g/mol. The summed E-state index contributed by atoms with van der Waals surface area (Å²) in [6, 6.07) is 24.5. The van der Waals surface area contributed by atoms with Crippen LogP contribution in [0.15, 0.2) is 108 Å². The molecule has 2 atom stereocenters. The Kier molecular flexibility index (Phi) is 10.1. The SMILES string of the molecule is CC(CCN1C(=CC=C(Cl)C=CC2=[N+](CCC(C)S(=O)(=O)[O-])c3ccc4ccccc4c3C2(C)C)C(C)(C)c2c1ccc1ccccc21)S(=O)(=O)[O-]. The molecule has 2 unspecified atom stereocenters. The zero-order valence-electron chi connectivity index (χ0n) is 30.3. The first-order valence-electron chi connectivity index (χ1n) is 17.5. The molecule has 274 valence electrons. The maximum absolute atomic E-state index is 11.8. The first kappa shape index (κ1) is 37.9. The van der Waals surface area contributed by atoms with Crippen LogP contribution in [0, 0.1) is 0 Å². The Hall–Kier alpha value is -3.80. The van der Waals surface area contributed by atoms with Crippen LogP contribution in [-0.4, -0.2) is 59.8 Å². The molecule has 0 N–H and O–H groups in total. The van der Waals surface area contributed by atoms with Crippen LogP contribution >= 0.6 is 11.6 Å². The van der Waals surface area contributed by atoms with E-state index in [2.05, 4.69) is 85.7 Å². The van der Waals surface area contributed by atoms with Gasteiger partial charge in [0.05, 0.1) is 30.9 Å². The van der Waals surface area contributed by atoms with Crippen molar-refractivity contribution in [3.63, 3.8) is 0 Å². The summed E-state index contributed by atoms with van der Waals surface area (Å²) in [4.78, 5) is 2.09. The quantitative estimate of drug-likeness (QED) is 0.0856. The molecule has 2 aliphatic heterocycles. The van der Waals surface area contributed by atoms with Crippen molar-refractivity contribution in [2.45, 2.75) is 75.7 Å². The first-order valence-corrected chi connectivity index (χ1v) is 20.8. The molecule has 0 aliphatic carbocycles. The maximum atomic E-state index is 11.8. The van der Waals surface area contributed by atoms with Crippen molar-refractivity contribution in [2.24, 2.45) is 0 Å². The number of hydrogen-bond acceptors (Lipinski definition) is 7.